The second-order valence-electron chi connectivity index (χ2n) is 8.79. The van der Waals surface area contributed by atoms with Gasteiger partial charge in [0.05, 0.1) is 22.9 Å². The van der Waals surface area contributed by atoms with Gasteiger partial charge in [0.15, 0.2) is 11.7 Å². The fourth-order valence-corrected chi connectivity index (χ4v) is 5.38. The molecule has 5 nitrogen and oxygen atoms in total. The molecule has 0 bridgehead atoms. The molecule has 4 aromatic carbocycles. The molecule has 0 fully saturated rings. The number of aromatic nitrogens is 1. The smallest absolute Gasteiger partial charge is 0.250 e. The number of amides is 1. The van der Waals surface area contributed by atoms with Crippen molar-refractivity contribution in [1.82, 2.24) is 4.98 Å². The average Bonchev–Trinajstić information content (AvgIpc) is 3.44. The lowest BCUT2D eigenvalue weighted by atomic mass is 9.92. The maximum Gasteiger partial charge on any atom is 0.250 e. The summed E-state index contributed by atoms with van der Waals surface area (Å²) in [5.41, 5.74) is 4.49. The highest BCUT2D eigenvalue weighted by molar-refractivity contribution is 9.10. The molecule has 0 aliphatic carbocycles. The molecular weight excluding hydrogens is 596 g/mol. The van der Waals surface area contributed by atoms with E-state index in [2.05, 4.69) is 41.8 Å². The van der Waals surface area contributed by atoms with Gasteiger partial charge >= 0.3 is 0 Å². The number of aromatic amines is 1. The fraction of sp³-hybridized carbons (Fsp3) is 0.0333. The summed E-state index contributed by atoms with van der Waals surface area (Å²) in [4.78, 5) is 33.0. The van der Waals surface area contributed by atoms with E-state index in [9.17, 15) is 14.7 Å². The van der Waals surface area contributed by atoms with Crippen LogP contribution in [0.4, 0.5) is 0 Å². The van der Waals surface area contributed by atoms with Crippen LogP contribution in [0.25, 0.3) is 16.5 Å². The first-order valence-electron chi connectivity index (χ1n) is 11.5. The zero-order valence-electron chi connectivity index (χ0n) is 19.3. The van der Waals surface area contributed by atoms with Gasteiger partial charge in [-0.2, -0.15) is 0 Å². The first kappa shape index (κ1) is 23.6. The summed E-state index contributed by atoms with van der Waals surface area (Å²) < 4.78 is 1.80. The van der Waals surface area contributed by atoms with Gasteiger partial charge in [0.25, 0.3) is 5.91 Å². The second-order valence-corrected chi connectivity index (χ2v) is 10.6. The first-order valence-corrected chi connectivity index (χ1v) is 13.1. The summed E-state index contributed by atoms with van der Waals surface area (Å²) in [5.74, 6) is -0.411. The van der Waals surface area contributed by atoms with Crippen molar-refractivity contribution in [2.24, 2.45) is 4.99 Å². The third kappa shape index (κ3) is 4.14. The van der Waals surface area contributed by atoms with Gasteiger partial charge < -0.3 is 10.1 Å². The summed E-state index contributed by atoms with van der Waals surface area (Å²) in [7, 11) is 0. The number of benzene rings is 4. The third-order valence-electron chi connectivity index (χ3n) is 6.52. The average molecular weight is 614 g/mol. The number of hydrogen-bond donors (Lipinski definition) is 2. The van der Waals surface area contributed by atoms with Crippen LogP contribution in [0, 0.1) is 0 Å². The Labute approximate surface area is 228 Å². The van der Waals surface area contributed by atoms with E-state index in [0.717, 1.165) is 30.9 Å². The van der Waals surface area contributed by atoms with Crippen molar-refractivity contribution in [1.29, 1.82) is 0 Å². The van der Waals surface area contributed by atoms with Gasteiger partial charge in [-0.15, -0.1) is 0 Å². The van der Waals surface area contributed by atoms with Crippen molar-refractivity contribution >= 4 is 60.0 Å². The summed E-state index contributed by atoms with van der Waals surface area (Å²) in [6.07, 6.45) is 0.252. The number of fused-ring (bicyclic) bond motifs is 2. The van der Waals surface area contributed by atoms with Gasteiger partial charge in [-0.1, -0.05) is 74.3 Å². The van der Waals surface area contributed by atoms with Gasteiger partial charge in [-0.3, -0.25) is 9.59 Å². The van der Waals surface area contributed by atoms with Crippen molar-refractivity contribution in [3.8, 4) is 5.88 Å². The van der Waals surface area contributed by atoms with Crippen molar-refractivity contribution in [2.75, 3.05) is 0 Å². The number of nitrogens with zero attached hydrogens (tertiary/aromatic N) is 1. The predicted molar refractivity (Wildman–Crippen MR) is 149 cm³/mol. The molecule has 37 heavy (non-hydrogen) atoms. The molecule has 1 amide bonds. The Morgan fingerprint density at radius 3 is 2.19 bits per heavy atom. The first-order chi connectivity index (χ1) is 17.9. The number of halogens is 2. The minimum atomic E-state index is -0.192. The van der Waals surface area contributed by atoms with Gasteiger partial charge in [-0.25, -0.2) is 4.99 Å². The molecule has 0 unspecified atom stereocenters. The Bertz CT molecular complexity index is 1850. The number of nitrogens with one attached hydrogen (secondary N) is 1. The van der Waals surface area contributed by atoms with Crippen LogP contribution in [0.5, 0.6) is 5.88 Å². The molecule has 1 aromatic heterocycles. The van der Waals surface area contributed by atoms with Crippen LogP contribution in [0.3, 0.4) is 0 Å². The van der Waals surface area contributed by atoms with E-state index < -0.39 is 0 Å². The van der Waals surface area contributed by atoms with Crippen LogP contribution in [-0.2, 0) is 11.2 Å². The Morgan fingerprint density at radius 2 is 1.49 bits per heavy atom. The number of ketones is 1. The molecule has 1 aliphatic heterocycles. The number of hydrogen-bond acceptors (Lipinski definition) is 3. The predicted octanol–water partition coefficient (Wildman–Crippen LogP) is 5.58. The van der Waals surface area contributed by atoms with Gasteiger partial charge in [-0.05, 0) is 53.6 Å². The van der Waals surface area contributed by atoms with Crippen LogP contribution < -0.4 is 10.6 Å². The fourth-order valence-electron chi connectivity index (χ4n) is 4.85. The molecule has 7 heteroatoms. The second kappa shape index (κ2) is 9.25. The number of rotatable bonds is 4. The minimum Gasteiger partial charge on any atom is -0.494 e. The molecule has 2 N–H and O–H groups in total. The molecule has 5 aromatic rings. The summed E-state index contributed by atoms with van der Waals surface area (Å²) in [5, 5.41) is 13.3. The molecule has 0 saturated carbocycles. The van der Waals surface area contributed by atoms with Gasteiger partial charge in [0.2, 0.25) is 0 Å². The summed E-state index contributed by atoms with van der Waals surface area (Å²) >= 11 is 6.90. The van der Waals surface area contributed by atoms with E-state index in [1.165, 1.54) is 0 Å². The Kier molecular flexibility index (Phi) is 5.89. The largest absolute Gasteiger partial charge is 0.494 e. The van der Waals surface area contributed by atoms with E-state index in [0.29, 0.717) is 33.0 Å². The molecule has 0 atom stereocenters. The van der Waals surface area contributed by atoms with E-state index in [1.54, 1.807) is 18.2 Å². The standard InChI is InChI=1S/C30H18Br2N2O3/c31-19-11-7-16(8-12-19)25(21-4-1-3-18-15-24(35)33-27(18)21)26-22-5-2-6-23(28(22)34-30(26)37)29(36)17-9-13-20(32)14-10-17/h1-14,34,37H,15H2/b25-21+. The highest BCUT2D eigenvalue weighted by Gasteiger charge is 2.23. The van der Waals surface area contributed by atoms with Gasteiger partial charge in [0.1, 0.15) is 0 Å². The van der Waals surface area contributed by atoms with Crippen molar-refractivity contribution in [3.63, 3.8) is 0 Å². The SMILES string of the molecule is O=C1Cc2ccc/c(=C(/c3ccc(Br)cc3)c3c(O)[nH]c4c(C(=O)c5ccc(Br)cc5)cccc34)c2=N1. The number of carbonyl (C=O) groups excluding carboxylic acids is 2. The van der Waals surface area contributed by atoms with Crippen LogP contribution in [0.1, 0.15) is 32.6 Å². The highest BCUT2D eigenvalue weighted by Crippen LogP contribution is 2.37. The molecule has 6 rings (SSSR count). The quantitative estimate of drug-likeness (QED) is 0.260. The number of H-pyrrole nitrogens is 1. The van der Waals surface area contributed by atoms with Crippen LogP contribution in [0.15, 0.2) is 98.9 Å². The molecule has 0 saturated heterocycles. The molecule has 1 aliphatic rings. The maximum absolute atomic E-state index is 13.4. The lowest BCUT2D eigenvalue weighted by Gasteiger charge is -2.10. The number of carbonyl (C=O) groups is 2. The Hall–Kier alpha value is -3.81. The normalized spacial score (nSPS) is 13.4. The van der Waals surface area contributed by atoms with Gasteiger partial charge in [0, 0.05) is 36.3 Å². The van der Waals surface area contributed by atoms with E-state index in [-0.39, 0.29) is 24.0 Å². The zero-order valence-corrected chi connectivity index (χ0v) is 22.4. The third-order valence-corrected chi connectivity index (χ3v) is 7.57. The summed E-state index contributed by atoms with van der Waals surface area (Å²) in [6, 6.07) is 26.1. The molecular formula is C30H18Br2N2O3. The van der Waals surface area contributed by atoms with Crippen molar-refractivity contribution < 1.29 is 14.7 Å². The molecule has 2 heterocycles. The lowest BCUT2D eigenvalue weighted by Crippen LogP contribution is -2.29. The lowest BCUT2D eigenvalue weighted by molar-refractivity contribution is -0.116. The maximum atomic E-state index is 13.4. The van der Waals surface area contributed by atoms with Crippen molar-refractivity contribution in [3.05, 3.63) is 132 Å². The van der Waals surface area contributed by atoms with E-state index >= 15 is 0 Å². The summed E-state index contributed by atoms with van der Waals surface area (Å²) in [6.45, 7) is 0. The Balaban J connectivity index is 1.67. The minimum absolute atomic E-state index is 0.0640. The molecule has 0 spiro atoms. The van der Waals surface area contributed by atoms with Crippen LogP contribution in [0.2, 0.25) is 0 Å². The van der Waals surface area contributed by atoms with E-state index in [1.807, 2.05) is 66.7 Å². The zero-order chi connectivity index (χ0) is 25.7. The topological polar surface area (TPSA) is 82.5 Å². The monoisotopic (exact) mass is 612 g/mol. The van der Waals surface area contributed by atoms with Crippen LogP contribution >= 0.6 is 31.9 Å². The highest BCUT2D eigenvalue weighted by atomic mass is 79.9. The number of para-hydroxylation sites is 2. The van der Waals surface area contributed by atoms with Crippen molar-refractivity contribution in [2.45, 2.75) is 6.42 Å². The molecule has 0 radical (unpaired) electrons. The van der Waals surface area contributed by atoms with E-state index in [4.69, 9.17) is 0 Å². The molecule has 180 valence electrons. The number of aromatic hydroxyl groups is 1. The van der Waals surface area contributed by atoms with Crippen LogP contribution in [-0.4, -0.2) is 21.8 Å². The Morgan fingerprint density at radius 1 is 0.838 bits per heavy atom.